The first-order chi connectivity index (χ1) is 14.5. The van der Waals surface area contributed by atoms with Gasteiger partial charge in [-0.2, -0.15) is 0 Å². The average Bonchev–Trinajstić information content (AvgIpc) is 2.95. The lowest BCUT2D eigenvalue weighted by atomic mass is 9.84. The number of likely N-dealkylation sites (N-methyl/N-ethyl adjacent to an activating group) is 1. The van der Waals surface area contributed by atoms with Crippen molar-refractivity contribution in [3.05, 3.63) is 35.9 Å². The van der Waals surface area contributed by atoms with Crippen LogP contribution in [0.15, 0.2) is 30.3 Å². The van der Waals surface area contributed by atoms with Gasteiger partial charge in [0.2, 0.25) is 11.8 Å². The lowest BCUT2D eigenvalue weighted by molar-refractivity contribution is -0.145. The minimum absolute atomic E-state index is 0.0153. The summed E-state index contributed by atoms with van der Waals surface area (Å²) in [4.78, 5) is 55.6. The number of nitrogens with zero attached hydrogens (tertiary/aromatic N) is 3. The molecule has 0 saturated carbocycles. The van der Waals surface area contributed by atoms with Gasteiger partial charge in [0, 0.05) is 45.1 Å². The summed E-state index contributed by atoms with van der Waals surface area (Å²) in [6, 6.07) is 9.41. The fourth-order valence-electron chi connectivity index (χ4n) is 4.88. The number of piperidine rings is 2. The third kappa shape index (κ3) is 3.44. The topological polar surface area (TPSA) is 90.0 Å². The van der Waals surface area contributed by atoms with Crippen molar-refractivity contribution in [3.8, 4) is 0 Å². The van der Waals surface area contributed by atoms with Crippen molar-refractivity contribution >= 4 is 23.8 Å². The number of amides is 5. The molecule has 3 heterocycles. The highest BCUT2D eigenvalue weighted by molar-refractivity contribution is 6.07. The van der Waals surface area contributed by atoms with E-state index in [1.165, 1.54) is 4.90 Å². The van der Waals surface area contributed by atoms with Crippen LogP contribution in [0.4, 0.5) is 4.79 Å². The second-order valence-electron chi connectivity index (χ2n) is 8.30. The highest BCUT2D eigenvalue weighted by atomic mass is 16.2. The number of imide groups is 1. The molecule has 5 amide bonds. The molecule has 1 spiro atoms. The Morgan fingerprint density at radius 2 is 1.83 bits per heavy atom. The Labute approximate surface area is 176 Å². The van der Waals surface area contributed by atoms with Gasteiger partial charge < -0.3 is 15.1 Å². The molecule has 1 aromatic carbocycles. The highest BCUT2D eigenvalue weighted by Gasteiger charge is 2.57. The van der Waals surface area contributed by atoms with Gasteiger partial charge >= 0.3 is 6.03 Å². The first-order valence-electron chi connectivity index (χ1n) is 10.7. The molecule has 160 valence electrons. The van der Waals surface area contributed by atoms with E-state index in [1.54, 1.807) is 9.80 Å². The molecule has 1 N–H and O–H groups in total. The van der Waals surface area contributed by atoms with E-state index in [2.05, 4.69) is 5.32 Å². The van der Waals surface area contributed by atoms with E-state index >= 15 is 0 Å². The van der Waals surface area contributed by atoms with Gasteiger partial charge in [-0.3, -0.25) is 19.3 Å². The summed E-state index contributed by atoms with van der Waals surface area (Å²) < 4.78 is 0. The summed E-state index contributed by atoms with van der Waals surface area (Å²) in [7, 11) is 0. The highest BCUT2D eigenvalue weighted by Crippen LogP contribution is 2.38. The van der Waals surface area contributed by atoms with E-state index < -0.39 is 5.54 Å². The molecule has 3 fully saturated rings. The molecule has 1 unspecified atom stereocenters. The molecule has 4 rings (SSSR count). The third-order valence-electron chi connectivity index (χ3n) is 6.62. The SMILES string of the molecule is CCN1C(=O)N(Cc2ccccc2)C2(CCN(C(=O)C3CCNC(=O)C3)CC2)C1=O. The monoisotopic (exact) mass is 412 g/mol. The first-order valence-corrected chi connectivity index (χ1v) is 10.7. The number of nitrogens with one attached hydrogen (secondary N) is 1. The maximum absolute atomic E-state index is 13.3. The van der Waals surface area contributed by atoms with Gasteiger partial charge in [0.05, 0.1) is 0 Å². The van der Waals surface area contributed by atoms with Gasteiger partial charge in [0.15, 0.2) is 0 Å². The molecule has 8 heteroatoms. The number of likely N-dealkylation sites (tertiary alicyclic amines) is 1. The van der Waals surface area contributed by atoms with E-state index in [1.807, 2.05) is 37.3 Å². The Morgan fingerprint density at radius 3 is 2.47 bits per heavy atom. The third-order valence-corrected chi connectivity index (χ3v) is 6.62. The molecule has 1 atom stereocenters. The maximum atomic E-state index is 13.3. The number of hydrogen-bond acceptors (Lipinski definition) is 4. The van der Waals surface area contributed by atoms with E-state index in [-0.39, 0.29) is 36.1 Å². The fraction of sp³-hybridized carbons (Fsp3) is 0.545. The quantitative estimate of drug-likeness (QED) is 0.756. The van der Waals surface area contributed by atoms with E-state index in [4.69, 9.17) is 0 Å². The molecule has 0 aromatic heterocycles. The van der Waals surface area contributed by atoms with E-state index in [9.17, 15) is 19.2 Å². The minimum Gasteiger partial charge on any atom is -0.356 e. The van der Waals surface area contributed by atoms with Crippen molar-refractivity contribution in [2.45, 2.75) is 44.7 Å². The molecule has 0 bridgehead atoms. The van der Waals surface area contributed by atoms with Gasteiger partial charge in [-0.25, -0.2) is 4.79 Å². The average molecular weight is 412 g/mol. The van der Waals surface area contributed by atoms with Gasteiger partial charge in [-0.15, -0.1) is 0 Å². The van der Waals surface area contributed by atoms with Gasteiger partial charge in [-0.05, 0) is 31.7 Å². The normalized spacial score (nSPS) is 23.8. The largest absolute Gasteiger partial charge is 0.356 e. The number of urea groups is 1. The molecule has 0 radical (unpaired) electrons. The second kappa shape index (κ2) is 8.08. The van der Waals surface area contributed by atoms with Crippen LogP contribution in [-0.4, -0.2) is 70.2 Å². The summed E-state index contributed by atoms with van der Waals surface area (Å²) in [5, 5.41) is 2.76. The lowest BCUT2D eigenvalue weighted by Gasteiger charge is -2.43. The Hall–Kier alpha value is -2.90. The Balaban J connectivity index is 1.51. The number of carbonyl (C=O) groups excluding carboxylic acids is 4. The summed E-state index contributed by atoms with van der Waals surface area (Å²) in [5.41, 5.74) is 0.0756. The molecule has 1 aromatic rings. The van der Waals surface area contributed by atoms with Crippen LogP contribution in [0.25, 0.3) is 0 Å². The predicted molar refractivity (Wildman–Crippen MR) is 109 cm³/mol. The summed E-state index contributed by atoms with van der Waals surface area (Å²) in [5.74, 6) is -0.549. The van der Waals surface area contributed by atoms with Crippen molar-refractivity contribution in [1.29, 1.82) is 0 Å². The standard InChI is InChI=1S/C22H28N4O4/c1-2-25-20(29)22(26(21(25)30)15-16-6-4-3-5-7-16)9-12-24(13-10-22)19(28)17-8-11-23-18(27)14-17/h3-7,17H,2,8-15H2,1H3,(H,23,27). The molecule has 0 aliphatic carbocycles. The van der Waals surface area contributed by atoms with Crippen LogP contribution in [0.3, 0.4) is 0 Å². The molecule has 3 saturated heterocycles. The summed E-state index contributed by atoms with van der Waals surface area (Å²) in [6.45, 7) is 3.87. The van der Waals surface area contributed by atoms with Crippen molar-refractivity contribution in [2.24, 2.45) is 5.92 Å². The van der Waals surface area contributed by atoms with Crippen LogP contribution in [-0.2, 0) is 20.9 Å². The minimum atomic E-state index is -0.899. The number of hydrogen-bond donors (Lipinski definition) is 1. The number of benzene rings is 1. The van der Waals surface area contributed by atoms with Gasteiger partial charge in [-0.1, -0.05) is 30.3 Å². The van der Waals surface area contributed by atoms with Crippen molar-refractivity contribution < 1.29 is 19.2 Å². The van der Waals surface area contributed by atoms with Crippen LogP contribution < -0.4 is 5.32 Å². The van der Waals surface area contributed by atoms with Gasteiger partial charge in [0.1, 0.15) is 5.54 Å². The Morgan fingerprint density at radius 1 is 1.13 bits per heavy atom. The molecule has 8 nitrogen and oxygen atoms in total. The smallest absolute Gasteiger partial charge is 0.327 e. The molecule has 3 aliphatic heterocycles. The van der Waals surface area contributed by atoms with Crippen LogP contribution in [0.2, 0.25) is 0 Å². The van der Waals surface area contributed by atoms with E-state index in [0.29, 0.717) is 52.0 Å². The van der Waals surface area contributed by atoms with Crippen molar-refractivity contribution in [2.75, 3.05) is 26.2 Å². The number of rotatable bonds is 4. The summed E-state index contributed by atoms with van der Waals surface area (Å²) >= 11 is 0. The van der Waals surface area contributed by atoms with Crippen molar-refractivity contribution in [1.82, 2.24) is 20.0 Å². The van der Waals surface area contributed by atoms with Crippen LogP contribution in [0.1, 0.15) is 38.2 Å². The lowest BCUT2D eigenvalue weighted by Crippen LogP contribution is -2.58. The fourth-order valence-corrected chi connectivity index (χ4v) is 4.88. The summed E-state index contributed by atoms with van der Waals surface area (Å²) in [6.07, 6.45) is 1.71. The van der Waals surface area contributed by atoms with Crippen molar-refractivity contribution in [3.63, 3.8) is 0 Å². The van der Waals surface area contributed by atoms with E-state index in [0.717, 1.165) is 5.56 Å². The molecular weight excluding hydrogens is 384 g/mol. The Bertz CT molecular complexity index is 848. The zero-order valence-corrected chi connectivity index (χ0v) is 17.3. The molecular formula is C22H28N4O4. The molecule has 3 aliphatic rings. The molecule has 30 heavy (non-hydrogen) atoms. The second-order valence-corrected chi connectivity index (χ2v) is 8.30. The zero-order chi connectivity index (χ0) is 21.3. The maximum Gasteiger partial charge on any atom is 0.327 e. The van der Waals surface area contributed by atoms with Crippen LogP contribution in [0.5, 0.6) is 0 Å². The Kier molecular flexibility index (Phi) is 5.49. The first kappa shape index (κ1) is 20.4. The number of carbonyl (C=O) groups is 4. The zero-order valence-electron chi connectivity index (χ0n) is 17.3. The van der Waals surface area contributed by atoms with Crippen LogP contribution in [0, 0.1) is 5.92 Å². The van der Waals surface area contributed by atoms with Gasteiger partial charge in [0.25, 0.3) is 5.91 Å². The predicted octanol–water partition coefficient (Wildman–Crippen LogP) is 1.36. The van der Waals surface area contributed by atoms with Crippen LogP contribution >= 0.6 is 0 Å².